The molecule has 1 aliphatic heterocycles. The van der Waals surface area contributed by atoms with Gasteiger partial charge in [-0.15, -0.1) is 21.5 Å². The van der Waals surface area contributed by atoms with Gasteiger partial charge >= 0.3 is 6.18 Å². The van der Waals surface area contributed by atoms with Crippen LogP contribution in [-0.2, 0) is 6.18 Å². The number of likely N-dealkylation sites (tertiary alicyclic amines) is 1. The number of alkyl halides is 3. The maximum absolute atomic E-state index is 13.5. The third-order valence-electron chi connectivity index (χ3n) is 5.26. The summed E-state index contributed by atoms with van der Waals surface area (Å²) in [4.78, 5) is 2.35. The third kappa shape index (κ3) is 3.89. The van der Waals surface area contributed by atoms with Gasteiger partial charge in [0.05, 0.1) is 15.8 Å². The zero-order chi connectivity index (χ0) is 20.6. The van der Waals surface area contributed by atoms with Crippen molar-refractivity contribution in [3.05, 3.63) is 35.2 Å². The molecule has 2 N–H and O–H groups in total. The summed E-state index contributed by atoms with van der Waals surface area (Å²) in [7, 11) is 0. The van der Waals surface area contributed by atoms with Gasteiger partial charge in [0.15, 0.2) is 5.82 Å². The van der Waals surface area contributed by atoms with E-state index in [1.54, 1.807) is 11.4 Å². The van der Waals surface area contributed by atoms with Crippen LogP contribution in [0.3, 0.4) is 0 Å². The van der Waals surface area contributed by atoms with E-state index in [4.69, 9.17) is 0 Å². The molecule has 1 fully saturated rings. The van der Waals surface area contributed by atoms with Gasteiger partial charge in [-0.1, -0.05) is 13.0 Å². The smallest absolute Gasteiger partial charge is 0.417 e. The summed E-state index contributed by atoms with van der Waals surface area (Å²) in [5.41, 5.74) is -1.22. The zero-order valence-electron chi connectivity index (χ0n) is 15.8. The van der Waals surface area contributed by atoms with E-state index >= 15 is 0 Å². The fraction of sp³-hybridized carbons (Fsp3) is 0.400. The highest BCUT2D eigenvalue weighted by atomic mass is 32.1. The summed E-state index contributed by atoms with van der Waals surface area (Å²) in [5, 5.41) is 24.3. The molecule has 0 radical (unpaired) electrons. The number of phenolic OH excluding ortho intramolecular Hbond substituents is 1. The van der Waals surface area contributed by atoms with Gasteiger partial charge in [-0.25, -0.2) is 0 Å². The number of aromatic nitrogens is 2. The predicted octanol–water partition coefficient (Wildman–Crippen LogP) is 4.98. The quantitative estimate of drug-likeness (QED) is 0.621. The molecule has 4 rings (SSSR count). The van der Waals surface area contributed by atoms with Gasteiger partial charge in [0, 0.05) is 18.0 Å². The molecule has 0 bridgehead atoms. The lowest BCUT2D eigenvalue weighted by Gasteiger charge is -2.32. The molecule has 154 valence electrons. The average Bonchev–Trinajstić information content (AvgIpc) is 3.18. The van der Waals surface area contributed by atoms with Gasteiger partial charge in [0.2, 0.25) is 0 Å². The summed E-state index contributed by atoms with van der Waals surface area (Å²) >= 11 is 1.40. The van der Waals surface area contributed by atoms with Crippen LogP contribution >= 0.6 is 11.3 Å². The fourth-order valence-electron chi connectivity index (χ4n) is 3.84. The second-order valence-electron chi connectivity index (χ2n) is 7.13. The van der Waals surface area contributed by atoms with Crippen molar-refractivity contribution in [2.24, 2.45) is 0 Å². The SMILES string of the molecule is CCN1CCC[C@@H](Nc2nnc(-c3c(O)cccc3C(F)(F)F)c3ccsc23)C1. The average molecular weight is 422 g/mol. The molecule has 3 heterocycles. The Bertz CT molecular complexity index is 1020. The molecule has 0 spiro atoms. The number of hydrogen-bond donors (Lipinski definition) is 2. The molecule has 1 saturated heterocycles. The largest absolute Gasteiger partial charge is 0.507 e. The van der Waals surface area contributed by atoms with Crippen LogP contribution in [0.2, 0.25) is 0 Å². The lowest BCUT2D eigenvalue weighted by atomic mass is 10.0. The van der Waals surface area contributed by atoms with Gasteiger partial charge in [-0.2, -0.15) is 13.2 Å². The first-order valence-electron chi connectivity index (χ1n) is 9.50. The minimum atomic E-state index is -4.61. The number of fused-ring (bicyclic) bond motifs is 1. The number of piperidine rings is 1. The van der Waals surface area contributed by atoms with Gasteiger partial charge < -0.3 is 15.3 Å². The number of benzene rings is 1. The Hall–Kier alpha value is -2.39. The number of aromatic hydroxyl groups is 1. The number of rotatable bonds is 4. The zero-order valence-corrected chi connectivity index (χ0v) is 16.6. The van der Waals surface area contributed by atoms with Crippen LogP contribution in [0, 0.1) is 0 Å². The van der Waals surface area contributed by atoms with Crippen molar-refractivity contribution in [3.63, 3.8) is 0 Å². The van der Waals surface area contributed by atoms with Gasteiger partial charge in [-0.05, 0) is 49.5 Å². The lowest BCUT2D eigenvalue weighted by Crippen LogP contribution is -2.42. The van der Waals surface area contributed by atoms with Crippen molar-refractivity contribution in [1.82, 2.24) is 15.1 Å². The van der Waals surface area contributed by atoms with Crippen LogP contribution < -0.4 is 5.32 Å². The number of likely N-dealkylation sites (N-methyl/N-ethyl adjacent to an activating group) is 1. The van der Waals surface area contributed by atoms with Gasteiger partial charge in [0.1, 0.15) is 11.4 Å². The van der Waals surface area contributed by atoms with Crippen molar-refractivity contribution in [2.75, 3.05) is 25.0 Å². The third-order valence-corrected chi connectivity index (χ3v) is 6.18. The highest BCUT2D eigenvalue weighted by molar-refractivity contribution is 7.17. The molecule has 0 amide bonds. The van der Waals surface area contributed by atoms with E-state index in [2.05, 4.69) is 27.3 Å². The molecule has 3 aromatic rings. The molecule has 1 aromatic carbocycles. The van der Waals surface area contributed by atoms with Crippen molar-refractivity contribution >= 4 is 27.2 Å². The molecule has 1 atom stereocenters. The number of nitrogens with one attached hydrogen (secondary N) is 1. The van der Waals surface area contributed by atoms with E-state index in [0.29, 0.717) is 11.2 Å². The van der Waals surface area contributed by atoms with E-state index in [-0.39, 0.29) is 17.3 Å². The second kappa shape index (κ2) is 7.79. The summed E-state index contributed by atoms with van der Waals surface area (Å²) < 4.78 is 41.3. The monoisotopic (exact) mass is 422 g/mol. The highest BCUT2D eigenvalue weighted by Gasteiger charge is 2.36. The van der Waals surface area contributed by atoms with Gasteiger partial charge in [0.25, 0.3) is 0 Å². The molecular formula is C20H21F3N4OS. The Morgan fingerprint density at radius 1 is 1.28 bits per heavy atom. The summed E-state index contributed by atoms with van der Waals surface area (Å²) in [6.07, 6.45) is -2.53. The Morgan fingerprint density at radius 3 is 2.86 bits per heavy atom. The number of nitrogens with zero attached hydrogens (tertiary/aromatic N) is 3. The minimum Gasteiger partial charge on any atom is -0.507 e. The molecule has 1 aliphatic rings. The molecule has 0 saturated carbocycles. The Balaban J connectivity index is 1.75. The van der Waals surface area contributed by atoms with Crippen LogP contribution in [0.25, 0.3) is 21.3 Å². The van der Waals surface area contributed by atoms with Crippen molar-refractivity contribution in [1.29, 1.82) is 0 Å². The normalized spacial score (nSPS) is 18.3. The maximum Gasteiger partial charge on any atom is 0.417 e. The van der Waals surface area contributed by atoms with Crippen molar-refractivity contribution in [3.8, 4) is 17.0 Å². The second-order valence-corrected chi connectivity index (χ2v) is 8.05. The maximum atomic E-state index is 13.5. The summed E-state index contributed by atoms with van der Waals surface area (Å²) in [6, 6.07) is 5.30. The van der Waals surface area contributed by atoms with Crippen LogP contribution in [0.4, 0.5) is 19.0 Å². The Morgan fingerprint density at radius 2 is 2.10 bits per heavy atom. The number of phenols is 1. The molecular weight excluding hydrogens is 401 g/mol. The summed E-state index contributed by atoms with van der Waals surface area (Å²) in [6.45, 7) is 5.06. The standard InChI is InChI=1S/C20H21F3N4OS/c1-2-27-9-4-5-12(11-27)24-19-18-13(8-10-29-18)17(25-26-19)16-14(20(21,22)23)6-3-7-15(16)28/h3,6-8,10,12,28H,2,4-5,9,11H2,1H3,(H,24,26)/t12-/m1/s1. The van der Waals surface area contributed by atoms with Crippen LogP contribution in [-0.4, -0.2) is 45.9 Å². The molecule has 0 unspecified atom stereocenters. The topological polar surface area (TPSA) is 61.3 Å². The molecule has 0 aliphatic carbocycles. The Kier molecular flexibility index (Phi) is 5.35. The number of halogens is 3. The van der Waals surface area contributed by atoms with E-state index in [1.807, 2.05) is 0 Å². The Labute approximate surface area is 170 Å². The molecule has 5 nitrogen and oxygen atoms in total. The predicted molar refractivity (Wildman–Crippen MR) is 108 cm³/mol. The molecule has 9 heteroatoms. The fourth-order valence-corrected chi connectivity index (χ4v) is 4.68. The number of hydrogen-bond acceptors (Lipinski definition) is 6. The van der Waals surface area contributed by atoms with Crippen molar-refractivity contribution < 1.29 is 18.3 Å². The first kappa shape index (κ1) is 19.9. The van der Waals surface area contributed by atoms with Crippen LogP contribution in [0.1, 0.15) is 25.3 Å². The summed E-state index contributed by atoms with van der Waals surface area (Å²) in [5.74, 6) is 0.110. The van der Waals surface area contributed by atoms with E-state index in [1.165, 1.54) is 23.5 Å². The number of thiophene rings is 1. The van der Waals surface area contributed by atoms with E-state index < -0.39 is 17.5 Å². The first-order valence-corrected chi connectivity index (χ1v) is 10.4. The molecule has 2 aromatic heterocycles. The number of anilines is 1. The van der Waals surface area contributed by atoms with Gasteiger partial charge in [-0.3, -0.25) is 0 Å². The minimum absolute atomic E-state index is 0.0380. The lowest BCUT2D eigenvalue weighted by molar-refractivity contribution is -0.137. The first-order chi connectivity index (χ1) is 13.9. The van der Waals surface area contributed by atoms with Crippen molar-refractivity contribution in [2.45, 2.75) is 32.0 Å². The van der Waals surface area contributed by atoms with E-state index in [9.17, 15) is 18.3 Å². The highest BCUT2D eigenvalue weighted by Crippen LogP contribution is 2.44. The van der Waals surface area contributed by atoms with E-state index in [0.717, 1.165) is 43.2 Å². The van der Waals surface area contributed by atoms with Crippen LogP contribution in [0.5, 0.6) is 5.75 Å². The molecule has 29 heavy (non-hydrogen) atoms. The van der Waals surface area contributed by atoms with Crippen LogP contribution in [0.15, 0.2) is 29.6 Å².